The monoisotopic (exact) mass is 415 g/mol. The van der Waals surface area contributed by atoms with Crippen molar-refractivity contribution in [1.82, 2.24) is 15.5 Å². The molecule has 162 valence electrons. The Hall–Kier alpha value is -2.10. The molecular weight excluding hydrogens is 385 g/mol. The van der Waals surface area contributed by atoms with Crippen LogP contribution in [0.4, 0.5) is 0 Å². The summed E-state index contributed by atoms with van der Waals surface area (Å²) in [5.74, 6) is -1.19. The number of aromatic carboxylic acids is 1. The molecule has 1 amide bonds. The van der Waals surface area contributed by atoms with Gasteiger partial charge in [0.2, 0.25) is 5.91 Å². The van der Waals surface area contributed by atoms with E-state index in [9.17, 15) is 19.7 Å². The lowest BCUT2D eigenvalue weighted by atomic mass is 9.72. The topological polar surface area (TPSA) is 111 Å². The maximum atomic E-state index is 12.6. The minimum atomic E-state index is -1.26. The Morgan fingerprint density at radius 3 is 2.63 bits per heavy atom. The molecule has 0 unspecified atom stereocenters. The number of carbonyl (C=O) groups is 2. The number of carbonyl (C=O) groups excluding carboxylic acids is 1. The first-order chi connectivity index (χ1) is 14.5. The largest absolute Gasteiger partial charge is 0.547 e. The molecule has 2 heterocycles. The number of benzene rings is 1. The van der Waals surface area contributed by atoms with Crippen LogP contribution in [0.25, 0.3) is 0 Å². The number of para-hydroxylation sites is 1. The average molecular weight is 415 g/mol. The van der Waals surface area contributed by atoms with Crippen LogP contribution in [0.2, 0.25) is 0 Å². The van der Waals surface area contributed by atoms with Gasteiger partial charge in [0, 0.05) is 38.6 Å². The van der Waals surface area contributed by atoms with Crippen LogP contribution in [0.15, 0.2) is 18.2 Å². The molecule has 1 saturated carbocycles. The van der Waals surface area contributed by atoms with Gasteiger partial charge in [-0.25, -0.2) is 4.79 Å². The van der Waals surface area contributed by atoms with E-state index in [0.717, 1.165) is 51.9 Å². The van der Waals surface area contributed by atoms with Gasteiger partial charge < -0.3 is 25.4 Å². The van der Waals surface area contributed by atoms with Crippen molar-refractivity contribution in [2.75, 3.05) is 26.2 Å². The van der Waals surface area contributed by atoms with Gasteiger partial charge in [-0.15, -0.1) is 0 Å². The van der Waals surface area contributed by atoms with Crippen molar-refractivity contribution in [3.8, 4) is 5.75 Å². The summed E-state index contributed by atoms with van der Waals surface area (Å²) >= 11 is 0. The summed E-state index contributed by atoms with van der Waals surface area (Å²) < 4.78 is 5.46. The van der Waals surface area contributed by atoms with Crippen molar-refractivity contribution in [3.63, 3.8) is 0 Å². The van der Waals surface area contributed by atoms with Crippen molar-refractivity contribution in [1.29, 1.82) is 0 Å². The average Bonchev–Trinajstić information content (AvgIpc) is 2.75. The second-order valence-electron chi connectivity index (χ2n) is 8.65. The molecule has 1 atom stereocenters. The smallest absolute Gasteiger partial charge is 0.534 e. The summed E-state index contributed by atoms with van der Waals surface area (Å²) in [5, 5.41) is 25.9. The Bertz CT molecular complexity index is 778. The highest BCUT2D eigenvalue weighted by Crippen LogP contribution is 2.32. The quantitative estimate of drug-likeness (QED) is 0.524. The van der Waals surface area contributed by atoms with Gasteiger partial charge in [0.05, 0.1) is 11.5 Å². The van der Waals surface area contributed by atoms with Gasteiger partial charge in [0.1, 0.15) is 5.75 Å². The summed E-state index contributed by atoms with van der Waals surface area (Å²) in [6.07, 6.45) is 5.18. The second kappa shape index (κ2) is 9.37. The minimum absolute atomic E-state index is 0.0255. The molecule has 0 radical (unpaired) electrons. The number of rotatable bonds is 5. The van der Waals surface area contributed by atoms with Gasteiger partial charge in [0.15, 0.2) is 0 Å². The Labute approximate surface area is 177 Å². The highest BCUT2D eigenvalue weighted by molar-refractivity contribution is 6.47. The predicted molar refractivity (Wildman–Crippen MR) is 112 cm³/mol. The Morgan fingerprint density at radius 1 is 1.20 bits per heavy atom. The van der Waals surface area contributed by atoms with E-state index in [1.165, 1.54) is 6.07 Å². The molecule has 2 fully saturated rings. The molecule has 1 aromatic rings. The van der Waals surface area contributed by atoms with E-state index >= 15 is 0 Å². The van der Waals surface area contributed by atoms with E-state index in [2.05, 4.69) is 15.5 Å². The zero-order chi connectivity index (χ0) is 21.1. The normalized spacial score (nSPS) is 27.1. The van der Waals surface area contributed by atoms with Gasteiger partial charge in [0.25, 0.3) is 0 Å². The Balaban J connectivity index is 1.27. The minimum Gasteiger partial charge on any atom is -0.534 e. The van der Waals surface area contributed by atoms with Gasteiger partial charge in [-0.05, 0) is 49.7 Å². The second-order valence-corrected chi connectivity index (χ2v) is 8.65. The van der Waals surface area contributed by atoms with E-state index < -0.39 is 19.0 Å². The third-order valence-electron chi connectivity index (χ3n) is 6.65. The highest BCUT2D eigenvalue weighted by Gasteiger charge is 2.38. The highest BCUT2D eigenvalue weighted by atomic mass is 16.5. The molecule has 2 aliphatic heterocycles. The molecule has 9 heteroatoms. The maximum Gasteiger partial charge on any atom is 0.547 e. The van der Waals surface area contributed by atoms with Gasteiger partial charge in [-0.2, -0.15) is 0 Å². The number of hydrogen-bond acceptors (Lipinski definition) is 6. The van der Waals surface area contributed by atoms with Crippen LogP contribution in [0.1, 0.15) is 48.0 Å². The lowest BCUT2D eigenvalue weighted by Crippen LogP contribution is -2.53. The van der Waals surface area contributed by atoms with E-state index in [1.807, 2.05) is 0 Å². The number of carboxylic acid groups (broad SMARTS) is 1. The molecule has 0 spiro atoms. The molecule has 1 saturated heterocycles. The fraction of sp³-hybridized carbons (Fsp3) is 0.619. The first kappa shape index (κ1) is 21.1. The molecule has 1 aliphatic carbocycles. The van der Waals surface area contributed by atoms with Gasteiger partial charge >= 0.3 is 13.1 Å². The fourth-order valence-electron chi connectivity index (χ4n) is 5.01. The molecule has 1 aromatic carbocycles. The lowest BCUT2D eigenvalue weighted by Gasteiger charge is -2.39. The third kappa shape index (κ3) is 4.79. The van der Waals surface area contributed by atoms with Crippen molar-refractivity contribution < 1.29 is 24.4 Å². The van der Waals surface area contributed by atoms with Crippen LogP contribution in [0.5, 0.6) is 5.75 Å². The SMILES string of the molecule is O=C(CC1CCC(N2CCNCC2)CC1)N[C@H]1Cc2cccc(C(=O)O)c2OB1O. The number of carboxylic acids is 1. The zero-order valence-electron chi connectivity index (χ0n) is 17.2. The number of nitrogens with one attached hydrogen (secondary N) is 2. The maximum absolute atomic E-state index is 12.6. The van der Waals surface area contributed by atoms with Crippen LogP contribution >= 0.6 is 0 Å². The lowest BCUT2D eigenvalue weighted by molar-refractivity contribution is -0.122. The molecule has 4 rings (SSSR count). The summed E-state index contributed by atoms with van der Waals surface area (Å²) in [7, 11) is -1.26. The van der Waals surface area contributed by atoms with Crippen LogP contribution in [-0.4, -0.2) is 72.2 Å². The van der Waals surface area contributed by atoms with Crippen molar-refractivity contribution in [3.05, 3.63) is 29.3 Å². The van der Waals surface area contributed by atoms with Crippen molar-refractivity contribution in [2.45, 2.75) is 50.5 Å². The molecule has 8 nitrogen and oxygen atoms in total. The first-order valence-corrected chi connectivity index (χ1v) is 11.0. The van der Waals surface area contributed by atoms with E-state index in [1.54, 1.807) is 12.1 Å². The van der Waals surface area contributed by atoms with Crippen molar-refractivity contribution >= 4 is 19.0 Å². The van der Waals surface area contributed by atoms with E-state index in [4.69, 9.17) is 4.65 Å². The molecule has 4 N–H and O–H groups in total. The third-order valence-corrected chi connectivity index (χ3v) is 6.65. The van der Waals surface area contributed by atoms with E-state index in [0.29, 0.717) is 30.4 Å². The molecule has 3 aliphatic rings. The molecule has 0 aromatic heterocycles. The summed E-state index contributed by atoms with van der Waals surface area (Å²) in [5.41, 5.74) is 0.708. The van der Waals surface area contributed by atoms with E-state index in [-0.39, 0.29) is 17.2 Å². The molecule has 30 heavy (non-hydrogen) atoms. The van der Waals surface area contributed by atoms with Crippen LogP contribution in [0.3, 0.4) is 0 Å². The number of nitrogens with zero attached hydrogens (tertiary/aromatic N) is 1. The number of piperazine rings is 1. The fourth-order valence-corrected chi connectivity index (χ4v) is 5.01. The molecule has 0 bridgehead atoms. The Morgan fingerprint density at radius 2 is 1.93 bits per heavy atom. The Kier molecular flexibility index (Phi) is 6.60. The zero-order valence-corrected chi connectivity index (χ0v) is 17.2. The van der Waals surface area contributed by atoms with Gasteiger partial charge in [-0.3, -0.25) is 9.69 Å². The van der Waals surface area contributed by atoms with Crippen LogP contribution in [-0.2, 0) is 11.2 Å². The summed E-state index contributed by atoms with van der Waals surface area (Å²) in [6.45, 7) is 4.34. The van der Waals surface area contributed by atoms with Crippen molar-refractivity contribution in [2.24, 2.45) is 5.92 Å². The van der Waals surface area contributed by atoms with Crippen LogP contribution in [0, 0.1) is 5.92 Å². The standard InChI is InChI=1S/C21H30BN3O5/c26-19(12-14-4-6-16(7-5-14)25-10-8-23-9-11-25)24-18-13-15-2-1-3-17(21(27)28)20(15)30-22(18)29/h1-3,14,16,18,23,29H,4-13H2,(H,24,26)(H,27,28)/t14?,16?,18-/m0/s1. The predicted octanol–water partition coefficient (Wildman–Crippen LogP) is 0.678. The number of amides is 1. The first-order valence-electron chi connectivity index (χ1n) is 11.0. The number of fused-ring (bicyclic) bond motifs is 1. The molecular formula is C21H30BN3O5. The number of hydrogen-bond donors (Lipinski definition) is 4. The summed E-state index contributed by atoms with van der Waals surface area (Å²) in [4.78, 5) is 26.5. The summed E-state index contributed by atoms with van der Waals surface area (Å²) in [6, 6.07) is 5.51. The van der Waals surface area contributed by atoms with Gasteiger partial charge in [-0.1, -0.05) is 12.1 Å². The van der Waals surface area contributed by atoms with Crippen LogP contribution < -0.4 is 15.3 Å².